The number of aromatic amines is 1. The monoisotopic (exact) mass is 387 g/mol. The topological polar surface area (TPSA) is 77.0 Å². The molecule has 6 nitrogen and oxygen atoms in total. The largest absolute Gasteiger partial charge is 0.461 e. The van der Waals surface area contributed by atoms with Gasteiger partial charge in [-0.1, -0.05) is 30.9 Å². The van der Waals surface area contributed by atoms with Gasteiger partial charge in [0.15, 0.2) is 0 Å². The number of hydrogen-bond acceptors (Lipinski definition) is 4. The van der Waals surface area contributed by atoms with Crippen molar-refractivity contribution in [2.75, 3.05) is 6.61 Å². The first-order chi connectivity index (χ1) is 14.1. The molecule has 29 heavy (non-hydrogen) atoms. The molecule has 0 bridgehead atoms. The second-order valence-corrected chi connectivity index (χ2v) is 6.71. The third kappa shape index (κ3) is 3.33. The van der Waals surface area contributed by atoms with Crippen molar-refractivity contribution in [2.24, 2.45) is 0 Å². The molecule has 1 aromatic carbocycles. The smallest absolute Gasteiger partial charge is 0.355 e. The number of fused-ring (bicyclic) bond motifs is 2. The summed E-state index contributed by atoms with van der Waals surface area (Å²) < 4.78 is 6.69. The average molecular weight is 387 g/mol. The number of ether oxygens (including phenoxy) is 1. The van der Waals surface area contributed by atoms with E-state index in [1.165, 1.54) is 10.8 Å². The average Bonchev–Trinajstić information content (AvgIpc) is 3.16. The molecular formula is C23H21N3O3. The Morgan fingerprint density at radius 2 is 2.07 bits per heavy atom. The standard InChI is InChI=1S/C23H21N3O3/c1-3-15-12-24-14-19-18(15)11-21(23(28)29-4-2)26(22(19)27)10-9-16-13-25-20-8-6-5-7-17(16)20/h3,5-8,11-14,25H,1,4,9-10H2,2H3. The number of rotatable bonds is 6. The Balaban J connectivity index is 1.82. The SMILES string of the molecule is C=Cc1cncc2c(=O)n(CCc3c[nH]c4ccccc34)c(C(=O)OCC)cc12. The van der Waals surface area contributed by atoms with E-state index >= 15 is 0 Å². The first-order valence-corrected chi connectivity index (χ1v) is 9.50. The van der Waals surface area contributed by atoms with Crippen LogP contribution in [0.2, 0.25) is 0 Å². The molecule has 3 heterocycles. The van der Waals surface area contributed by atoms with E-state index in [9.17, 15) is 9.59 Å². The molecule has 3 aromatic heterocycles. The number of nitrogens with zero attached hydrogens (tertiary/aromatic N) is 2. The molecule has 0 radical (unpaired) electrons. The lowest BCUT2D eigenvalue weighted by Gasteiger charge is -2.14. The molecule has 0 amide bonds. The number of carbonyl (C=O) groups is 1. The molecule has 4 rings (SSSR count). The predicted octanol–water partition coefficient (Wildman–Crippen LogP) is 3.94. The van der Waals surface area contributed by atoms with Gasteiger partial charge in [0.2, 0.25) is 0 Å². The number of hydrogen-bond donors (Lipinski definition) is 1. The van der Waals surface area contributed by atoms with Crippen molar-refractivity contribution in [1.29, 1.82) is 0 Å². The summed E-state index contributed by atoms with van der Waals surface area (Å²) in [4.78, 5) is 33.2. The van der Waals surface area contributed by atoms with E-state index in [-0.39, 0.29) is 17.9 Å². The fourth-order valence-corrected chi connectivity index (χ4v) is 3.62. The van der Waals surface area contributed by atoms with Crippen molar-refractivity contribution >= 4 is 33.7 Å². The number of H-pyrrole nitrogens is 1. The number of aromatic nitrogens is 3. The third-order valence-corrected chi connectivity index (χ3v) is 5.05. The van der Waals surface area contributed by atoms with Gasteiger partial charge in [-0.15, -0.1) is 0 Å². The summed E-state index contributed by atoms with van der Waals surface area (Å²) in [6, 6.07) is 9.70. The van der Waals surface area contributed by atoms with Crippen molar-refractivity contribution in [3.8, 4) is 0 Å². The van der Waals surface area contributed by atoms with E-state index in [0.29, 0.717) is 29.3 Å². The van der Waals surface area contributed by atoms with Crippen LogP contribution in [0.1, 0.15) is 28.5 Å². The lowest BCUT2D eigenvalue weighted by atomic mass is 10.1. The summed E-state index contributed by atoms with van der Waals surface area (Å²) in [5, 5.41) is 2.20. The Kier molecular flexibility index (Phi) is 4.99. The van der Waals surface area contributed by atoms with Crippen LogP contribution in [-0.2, 0) is 17.7 Å². The molecule has 0 aliphatic rings. The van der Waals surface area contributed by atoms with Crippen LogP contribution in [0.5, 0.6) is 0 Å². The molecule has 146 valence electrons. The number of nitrogens with one attached hydrogen (secondary N) is 1. The molecule has 0 aliphatic carbocycles. The van der Waals surface area contributed by atoms with Crippen molar-refractivity contribution in [3.63, 3.8) is 0 Å². The van der Waals surface area contributed by atoms with Crippen LogP contribution in [0.15, 0.2) is 60.3 Å². The van der Waals surface area contributed by atoms with E-state index in [1.807, 2.05) is 30.5 Å². The maximum absolute atomic E-state index is 13.2. The van der Waals surface area contributed by atoms with Gasteiger partial charge in [0, 0.05) is 41.6 Å². The molecule has 4 aromatic rings. The lowest BCUT2D eigenvalue weighted by Crippen LogP contribution is -2.28. The van der Waals surface area contributed by atoms with Gasteiger partial charge < -0.3 is 14.3 Å². The molecule has 0 fully saturated rings. The van der Waals surface area contributed by atoms with E-state index in [0.717, 1.165) is 16.5 Å². The van der Waals surface area contributed by atoms with Crippen LogP contribution in [-0.4, -0.2) is 27.1 Å². The number of pyridine rings is 2. The summed E-state index contributed by atoms with van der Waals surface area (Å²) in [5.41, 5.74) is 2.80. The zero-order valence-electron chi connectivity index (χ0n) is 16.1. The summed E-state index contributed by atoms with van der Waals surface area (Å²) >= 11 is 0. The number of aryl methyl sites for hydroxylation is 1. The minimum absolute atomic E-state index is 0.234. The second-order valence-electron chi connectivity index (χ2n) is 6.71. The zero-order chi connectivity index (χ0) is 20.4. The van der Waals surface area contributed by atoms with E-state index in [1.54, 1.807) is 25.3 Å². The Bertz CT molecular complexity index is 1280. The molecule has 0 atom stereocenters. The van der Waals surface area contributed by atoms with E-state index in [2.05, 4.69) is 16.5 Å². The Labute approximate surface area is 167 Å². The van der Waals surface area contributed by atoms with Crippen LogP contribution in [0, 0.1) is 0 Å². The van der Waals surface area contributed by atoms with Crippen LogP contribution in [0.4, 0.5) is 0 Å². The minimum Gasteiger partial charge on any atom is -0.461 e. The van der Waals surface area contributed by atoms with Gasteiger partial charge in [-0.05, 0) is 36.4 Å². The number of benzene rings is 1. The molecule has 0 spiro atoms. The highest BCUT2D eigenvalue weighted by atomic mass is 16.5. The molecule has 1 N–H and O–H groups in total. The van der Waals surface area contributed by atoms with Gasteiger partial charge in [-0.25, -0.2) is 4.79 Å². The normalized spacial score (nSPS) is 11.1. The number of para-hydroxylation sites is 1. The number of carbonyl (C=O) groups excluding carboxylic acids is 1. The molecule has 0 aliphatic heterocycles. The fraction of sp³-hybridized carbons (Fsp3) is 0.174. The molecule has 0 unspecified atom stereocenters. The van der Waals surface area contributed by atoms with Crippen molar-refractivity contribution in [2.45, 2.75) is 19.9 Å². The minimum atomic E-state index is -0.516. The van der Waals surface area contributed by atoms with Gasteiger partial charge in [0.25, 0.3) is 5.56 Å². The van der Waals surface area contributed by atoms with Gasteiger partial charge in [0.05, 0.1) is 12.0 Å². The Morgan fingerprint density at radius 3 is 2.86 bits per heavy atom. The fourth-order valence-electron chi connectivity index (χ4n) is 3.62. The summed E-state index contributed by atoms with van der Waals surface area (Å²) in [6.07, 6.45) is 7.32. The second kappa shape index (κ2) is 7.75. The van der Waals surface area contributed by atoms with Gasteiger partial charge in [0.1, 0.15) is 5.69 Å². The first-order valence-electron chi connectivity index (χ1n) is 9.50. The molecule has 6 heteroatoms. The highest BCUT2D eigenvalue weighted by molar-refractivity contribution is 5.96. The molecule has 0 saturated carbocycles. The van der Waals surface area contributed by atoms with E-state index < -0.39 is 5.97 Å². The Morgan fingerprint density at radius 1 is 1.24 bits per heavy atom. The maximum Gasteiger partial charge on any atom is 0.355 e. The highest BCUT2D eigenvalue weighted by Gasteiger charge is 2.18. The van der Waals surface area contributed by atoms with E-state index in [4.69, 9.17) is 4.74 Å². The van der Waals surface area contributed by atoms with Crippen LogP contribution in [0.3, 0.4) is 0 Å². The maximum atomic E-state index is 13.2. The summed E-state index contributed by atoms with van der Waals surface area (Å²) in [6.45, 7) is 6.10. The first kappa shape index (κ1) is 18.7. The number of esters is 1. The quantitative estimate of drug-likeness (QED) is 0.509. The predicted molar refractivity (Wildman–Crippen MR) is 114 cm³/mol. The lowest BCUT2D eigenvalue weighted by molar-refractivity contribution is 0.0512. The highest BCUT2D eigenvalue weighted by Crippen LogP contribution is 2.21. The zero-order valence-corrected chi connectivity index (χ0v) is 16.1. The van der Waals surface area contributed by atoms with Gasteiger partial charge >= 0.3 is 5.97 Å². The molecular weight excluding hydrogens is 366 g/mol. The van der Waals surface area contributed by atoms with Crippen molar-refractivity contribution in [1.82, 2.24) is 14.5 Å². The Hall–Kier alpha value is -3.67. The summed E-state index contributed by atoms with van der Waals surface area (Å²) in [5.74, 6) is -0.516. The molecule has 0 saturated heterocycles. The van der Waals surface area contributed by atoms with Crippen LogP contribution in [0.25, 0.3) is 27.8 Å². The summed E-state index contributed by atoms with van der Waals surface area (Å²) in [7, 11) is 0. The van der Waals surface area contributed by atoms with Gasteiger partial charge in [-0.3, -0.25) is 9.78 Å². The van der Waals surface area contributed by atoms with Crippen LogP contribution >= 0.6 is 0 Å². The van der Waals surface area contributed by atoms with Gasteiger partial charge in [-0.2, -0.15) is 0 Å². The van der Waals surface area contributed by atoms with Crippen molar-refractivity contribution in [3.05, 3.63) is 82.7 Å². The third-order valence-electron chi connectivity index (χ3n) is 5.05. The van der Waals surface area contributed by atoms with Crippen LogP contribution < -0.4 is 5.56 Å². The van der Waals surface area contributed by atoms with Crippen molar-refractivity contribution < 1.29 is 9.53 Å².